The highest BCUT2D eigenvalue weighted by Crippen LogP contribution is 2.44. The molecule has 3 atom stereocenters. The molecule has 46 heavy (non-hydrogen) atoms. The van der Waals surface area contributed by atoms with Crippen LogP contribution >= 0.6 is 12.2 Å². The van der Waals surface area contributed by atoms with E-state index in [-0.39, 0.29) is 40.0 Å². The number of hydroxylamine groups is 1. The minimum absolute atomic E-state index is 0.0106. The number of piperazine rings is 1. The topological polar surface area (TPSA) is 144 Å². The van der Waals surface area contributed by atoms with Crippen LogP contribution in [0.1, 0.15) is 25.3 Å². The van der Waals surface area contributed by atoms with Gasteiger partial charge in [0.15, 0.2) is 11.5 Å². The number of carbonyl (C=O) groups excluding carboxylic acids is 1. The Balaban J connectivity index is 1.27. The standard InChI is InChI=1S/C31H36FN7O6S/c1-16-5-8-23-19(11-16)24(33-34-31(46)35-45-4)29(41)39(23)15-37-10-9-36(13-17(37)2)26-22(32)12-20-25(28(26)44-3)38(18-6-7-18)14-21(27(20)40)30(42)43/h5,8,11-12,14,17-18,20,25,41H,6-7,9-10,13,15H2,1-4H3,(H,35,46)(H,42,43). The molecule has 0 spiro atoms. The van der Waals surface area contributed by atoms with Crippen molar-refractivity contribution in [2.24, 2.45) is 16.1 Å². The van der Waals surface area contributed by atoms with Crippen LogP contribution in [-0.4, -0.2) is 98.3 Å². The minimum Gasteiger partial charge on any atom is -0.497 e. The first-order valence-corrected chi connectivity index (χ1v) is 15.4. The van der Waals surface area contributed by atoms with E-state index in [0.717, 1.165) is 23.9 Å². The minimum atomic E-state index is -1.32. The number of rotatable bonds is 8. The lowest BCUT2D eigenvalue weighted by Crippen LogP contribution is -2.54. The van der Waals surface area contributed by atoms with Gasteiger partial charge in [0.1, 0.15) is 28.9 Å². The van der Waals surface area contributed by atoms with E-state index < -0.39 is 29.5 Å². The van der Waals surface area contributed by atoms with Gasteiger partial charge in [0, 0.05) is 43.3 Å². The number of aryl methyl sites for hydroxylation is 1. The van der Waals surface area contributed by atoms with Crippen LogP contribution in [0.2, 0.25) is 0 Å². The summed E-state index contributed by atoms with van der Waals surface area (Å²) < 4.78 is 23.5. The van der Waals surface area contributed by atoms with Crippen molar-refractivity contribution >= 4 is 45.7 Å². The summed E-state index contributed by atoms with van der Waals surface area (Å²) in [4.78, 5) is 35.7. The lowest BCUT2D eigenvalue weighted by molar-refractivity contribution is -0.136. The number of allylic oxidation sites excluding steroid dienone is 1. The number of hydrogen-bond donors (Lipinski definition) is 3. The van der Waals surface area contributed by atoms with Gasteiger partial charge < -0.3 is 24.7 Å². The van der Waals surface area contributed by atoms with Gasteiger partial charge in [-0.1, -0.05) is 11.6 Å². The quantitative estimate of drug-likeness (QED) is 0.165. The van der Waals surface area contributed by atoms with Gasteiger partial charge in [-0.2, -0.15) is 0 Å². The van der Waals surface area contributed by atoms with E-state index >= 15 is 4.39 Å². The number of aromatic nitrogens is 1. The van der Waals surface area contributed by atoms with E-state index in [1.165, 1.54) is 26.5 Å². The van der Waals surface area contributed by atoms with E-state index in [1.807, 2.05) is 41.8 Å². The molecule has 4 aliphatic rings. The molecule has 0 bridgehead atoms. The number of hydrogen-bond acceptors (Lipinski definition) is 10. The number of halogens is 1. The van der Waals surface area contributed by atoms with Crippen LogP contribution in [0.5, 0.6) is 5.88 Å². The van der Waals surface area contributed by atoms with Crippen LogP contribution in [0, 0.1) is 12.8 Å². The Labute approximate surface area is 270 Å². The zero-order chi connectivity index (χ0) is 32.9. The Hall–Kier alpha value is -4.34. The Bertz CT molecular complexity index is 1730. The number of thiocarbonyl (C=S) groups is 1. The van der Waals surface area contributed by atoms with E-state index in [0.29, 0.717) is 37.4 Å². The maximum atomic E-state index is 15.9. The molecule has 1 saturated carbocycles. The van der Waals surface area contributed by atoms with Gasteiger partial charge in [0.25, 0.3) is 0 Å². The average Bonchev–Trinajstić information content (AvgIpc) is 3.83. The Morgan fingerprint density at radius 2 is 2.00 bits per heavy atom. The van der Waals surface area contributed by atoms with Crippen LogP contribution < -0.4 is 5.48 Å². The van der Waals surface area contributed by atoms with Gasteiger partial charge in [-0.05, 0) is 57.1 Å². The van der Waals surface area contributed by atoms with Crippen molar-refractivity contribution in [2.75, 3.05) is 33.9 Å². The van der Waals surface area contributed by atoms with Crippen molar-refractivity contribution in [1.29, 1.82) is 0 Å². The van der Waals surface area contributed by atoms with Crippen molar-refractivity contribution in [3.05, 3.63) is 58.9 Å². The molecule has 2 aliphatic heterocycles. The van der Waals surface area contributed by atoms with Crippen molar-refractivity contribution < 1.29 is 33.8 Å². The molecular formula is C31H36FN7O6S. The van der Waals surface area contributed by atoms with Crippen molar-refractivity contribution in [1.82, 2.24) is 24.7 Å². The average molecular weight is 654 g/mol. The third-order valence-electron chi connectivity index (χ3n) is 8.98. The van der Waals surface area contributed by atoms with Crippen LogP contribution in [0.25, 0.3) is 10.9 Å². The summed E-state index contributed by atoms with van der Waals surface area (Å²) in [5, 5.41) is 29.9. The fourth-order valence-electron chi connectivity index (χ4n) is 6.62. The van der Waals surface area contributed by atoms with E-state index in [2.05, 4.69) is 20.6 Å². The second kappa shape index (κ2) is 12.5. The molecule has 1 aromatic carbocycles. The van der Waals surface area contributed by atoms with E-state index in [9.17, 15) is 19.8 Å². The van der Waals surface area contributed by atoms with Crippen LogP contribution in [0.4, 0.5) is 10.1 Å². The number of methoxy groups -OCH3 is 1. The summed E-state index contributed by atoms with van der Waals surface area (Å²) in [6.07, 6.45) is 4.37. The normalized spacial score (nSPS) is 23.9. The second-order valence-corrected chi connectivity index (χ2v) is 12.4. The third-order valence-corrected chi connectivity index (χ3v) is 9.15. The molecule has 3 heterocycles. The van der Waals surface area contributed by atoms with Gasteiger partial charge in [0.2, 0.25) is 11.0 Å². The third kappa shape index (κ3) is 5.62. The van der Waals surface area contributed by atoms with Crippen molar-refractivity contribution in [3.63, 3.8) is 0 Å². The molecule has 0 radical (unpaired) electrons. The van der Waals surface area contributed by atoms with Crippen LogP contribution in [0.3, 0.4) is 0 Å². The molecule has 1 aromatic heterocycles. The number of aliphatic carboxylic acids is 1. The monoisotopic (exact) mass is 653 g/mol. The van der Waals surface area contributed by atoms with Gasteiger partial charge >= 0.3 is 5.97 Å². The summed E-state index contributed by atoms with van der Waals surface area (Å²) in [6, 6.07) is 5.16. The molecule has 6 rings (SSSR count). The zero-order valence-electron chi connectivity index (χ0n) is 25.9. The first kappa shape index (κ1) is 31.6. The highest BCUT2D eigenvalue weighted by atomic mass is 32.1. The first-order chi connectivity index (χ1) is 22.0. The molecule has 244 valence electrons. The molecule has 3 N–H and O–H groups in total. The Morgan fingerprint density at radius 3 is 2.65 bits per heavy atom. The number of fused-ring (bicyclic) bond motifs is 2. The highest BCUT2D eigenvalue weighted by Gasteiger charge is 2.50. The number of azo groups is 1. The smallest absolute Gasteiger partial charge is 0.340 e. The number of ketones is 1. The number of benzene rings is 1. The lowest BCUT2D eigenvalue weighted by atomic mass is 9.81. The van der Waals surface area contributed by atoms with Gasteiger partial charge in [-0.15, -0.1) is 10.2 Å². The summed E-state index contributed by atoms with van der Waals surface area (Å²) in [6.45, 7) is 5.73. The molecule has 2 aliphatic carbocycles. The number of carboxylic acids is 1. The fourth-order valence-corrected chi connectivity index (χ4v) is 6.75. The lowest BCUT2D eigenvalue weighted by Gasteiger charge is -2.46. The number of carboxylic acid groups (broad SMARTS) is 1. The summed E-state index contributed by atoms with van der Waals surface area (Å²) in [5.41, 5.74) is 4.42. The molecular weight excluding hydrogens is 617 g/mol. The van der Waals surface area contributed by atoms with Gasteiger partial charge in [-0.25, -0.2) is 14.7 Å². The number of carbonyl (C=O) groups is 2. The van der Waals surface area contributed by atoms with Crippen LogP contribution in [0.15, 0.2) is 63.6 Å². The van der Waals surface area contributed by atoms with Crippen LogP contribution in [-0.2, 0) is 25.8 Å². The highest BCUT2D eigenvalue weighted by molar-refractivity contribution is 7.80. The van der Waals surface area contributed by atoms with Gasteiger partial charge in [0.05, 0.1) is 32.3 Å². The fraction of sp³-hybridized carbons (Fsp3) is 0.452. The first-order valence-electron chi connectivity index (χ1n) is 15.0. The Kier molecular flexibility index (Phi) is 8.56. The number of ether oxygens (including phenoxy) is 1. The summed E-state index contributed by atoms with van der Waals surface area (Å²) in [5.74, 6) is -3.27. The van der Waals surface area contributed by atoms with Crippen molar-refractivity contribution in [3.8, 4) is 5.88 Å². The molecule has 0 amide bonds. The van der Waals surface area contributed by atoms with Crippen molar-refractivity contribution in [2.45, 2.75) is 51.5 Å². The van der Waals surface area contributed by atoms with E-state index in [4.69, 9.17) is 21.8 Å². The molecule has 15 heteroatoms. The maximum absolute atomic E-state index is 15.9. The molecule has 3 unspecified atom stereocenters. The zero-order valence-corrected chi connectivity index (χ0v) is 26.8. The summed E-state index contributed by atoms with van der Waals surface area (Å²) >= 11 is 5.08. The largest absolute Gasteiger partial charge is 0.497 e. The number of nitrogens with zero attached hydrogens (tertiary/aromatic N) is 6. The Morgan fingerprint density at radius 1 is 1.24 bits per heavy atom. The molecule has 1 saturated heterocycles. The van der Waals surface area contributed by atoms with Gasteiger partial charge in [-0.3, -0.25) is 19.1 Å². The predicted octanol–water partition coefficient (Wildman–Crippen LogP) is 3.86. The second-order valence-electron chi connectivity index (χ2n) is 12.0. The molecule has 2 aromatic rings. The summed E-state index contributed by atoms with van der Waals surface area (Å²) in [7, 11) is 2.87. The predicted molar refractivity (Wildman–Crippen MR) is 169 cm³/mol. The maximum Gasteiger partial charge on any atom is 0.340 e. The SMILES string of the molecule is CONC(=S)N=Nc1c(O)n(CN2CCN(C3=C(OC)C4C(C=C3F)C(=O)C(C(=O)O)=CN4C3CC3)CC2C)c2ccc(C)cc12. The van der Waals surface area contributed by atoms with E-state index in [1.54, 1.807) is 4.57 Å². The number of nitrogens with one attached hydrogen (secondary N) is 1. The molecule has 13 nitrogen and oxygen atoms in total. The molecule has 2 fully saturated rings. The number of aromatic hydroxyl groups is 1. The number of Topliss-reactive ketones (excluding diaryl/α,β-unsaturated/α-hetero) is 1.